The number of hydrogen-bond donors (Lipinski definition) is 1. The van der Waals surface area contributed by atoms with Gasteiger partial charge in [-0.1, -0.05) is 12.1 Å². The van der Waals surface area contributed by atoms with E-state index in [0.717, 1.165) is 43.2 Å². The number of fused-ring (bicyclic) bond motifs is 1. The second-order valence-electron chi connectivity index (χ2n) is 7.01. The Labute approximate surface area is 167 Å². The van der Waals surface area contributed by atoms with Gasteiger partial charge in [-0.05, 0) is 24.3 Å². The van der Waals surface area contributed by atoms with Gasteiger partial charge in [0.05, 0.1) is 23.3 Å². The third kappa shape index (κ3) is 4.30. The zero-order valence-electron chi connectivity index (χ0n) is 15.8. The van der Waals surface area contributed by atoms with Gasteiger partial charge in [0.15, 0.2) is 0 Å². The van der Waals surface area contributed by atoms with Crippen molar-refractivity contribution >= 4 is 33.4 Å². The highest BCUT2D eigenvalue weighted by Crippen LogP contribution is 2.22. The van der Waals surface area contributed by atoms with Gasteiger partial charge in [0, 0.05) is 39.4 Å². The van der Waals surface area contributed by atoms with Gasteiger partial charge in [-0.3, -0.25) is 24.7 Å². The van der Waals surface area contributed by atoms with Crippen LogP contribution in [0.15, 0.2) is 42.6 Å². The molecule has 0 saturated carbocycles. The molecule has 2 aromatic heterocycles. The smallest absolute Gasteiger partial charge is 0.274 e. The highest BCUT2D eigenvalue weighted by atomic mass is 32.1. The Morgan fingerprint density at radius 1 is 1.07 bits per heavy atom. The van der Waals surface area contributed by atoms with E-state index in [1.54, 1.807) is 41.3 Å². The molecule has 1 aliphatic heterocycles. The first kappa shape index (κ1) is 18.8. The molecule has 8 heteroatoms. The maximum atomic E-state index is 12.2. The van der Waals surface area contributed by atoms with E-state index >= 15 is 0 Å². The SMILES string of the molecule is Cn1cccc1C(=O)NC(=O)CN1CCN(Cc2nc3ccccc3s2)CC1. The molecule has 3 heterocycles. The third-order valence-electron chi connectivity index (χ3n) is 4.96. The number of nitrogens with zero attached hydrogens (tertiary/aromatic N) is 4. The molecule has 28 heavy (non-hydrogen) atoms. The minimum absolute atomic E-state index is 0.241. The summed E-state index contributed by atoms with van der Waals surface area (Å²) < 4.78 is 2.92. The third-order valence-corrected chi connectivity index (χ3v) is 5.98. The molecule has 0 aliphatic carbocycles. The molecule has 1 saturated heterocycles. The van der Waals surface area contributed by atoms with Crippen LogP contribution in [0.1, 0.15) is 15.5 Å². The first-order valence-electron chi connectivity index (χ1n) is 9.33. The van der Waals surface area contributed by atoms with Gasteiger partial charge in [0.25, 0.3) is 5.91 Å². The van der Waals surface area contributed by atoms with Crippen LogP contribution in [0.3, 0.4) is 0 Å². The van der Waals surface area contributed by atoms with E-state index in [-0.39, 0.29) is 18.4 Å². The first-order valence-corrected chi connectivity index (χ1v) is 10.1. The second kappa shape index (κ2) is 8.22. The standard InChI is InChI=1S/C20H23N5O2S/c1-23-8-4-6-16(23)20(27)22-18(26)13-24-9-11-25(12-10-24)14-19-21-15-5-2-3-7-17(15)28-19/h2-8H,9-14H2,1H3,(H,22,26,27). The van der Waals surface area contributed by atoms with Crippen molar-refractivity contribution in [3.05, 3.63) is 53.3 Å². The van der Waals surface area contributed by atoms with Crippen LogP contribution in [-0.4, -0.2) is 63.9 Å². The fourth-order valence-electron chi connectivity index (χ4n) is 3.41. The first-order chi connectivity index (χ1) is 13.6. The number of rotatable bonds is 5. The Kier molecular flexibility index (Phi) is 5.52. The molecule has 1 N–H and O–H groups in total. The summed E-state index contributed by atoms with van der Waals surface area (Å²) in [6.07, 6.45) is 1.78. The molecule has 0 bridgehead atoms. The molecular weight excluding hydrogens is 374 g/mol. The van der Waals surface area contributed by atoms with Crippen molar-refractivity contribution < 1.29 is 9.59 Å². The van der Waals surface area contributed by atoms with E-state index in [1.807, 2.05) is 18.2 Å². The van der Waals surface area contributed by atoms with Crippen LogP contribution in [0.25, 0.3) is 10.2 Å². The lowest BCUT2D eigenvalue weighted by Gasteiger charge is -2.33. The lowest BCUT2D eigenvalue weighted by molar-refractivity contribution is -0.121. The maximum absolute atomic E-state index is 12.2. The molecular formula is C20H23N5O2S. The van der Waals surface area contributed by atoms with Crippen LogP contribution < -0.4 is 5.32 Å². The Hall–Kier alpha value is -2.55. The number of hydrogen-bond acceptors (Lipinski definition) is 6. The van der Waals surface area contributed by atoms with Crippen molar-refractivity contribution in [1.29, 1.82) is 0 Å². The van der Waals surface area contributed by atoms with Crippen molar-refractivity contribution in [2.75, 3.05) is 32.7 Å². The summed E-state index contributed by atoms with van der Waals surface area (Å²) in [4.78, 5) is 33.5. The average Bonchev–Trinajstić information content (AvgIpc) is 3.28. The van der Waals surface area contributed by atoms with Crippen molar-refractivity contribution in [2.24, 2.45) is 7.05 Å². The van der Waals surface area contributed by atoms with Crippen LogP contribution in [0.5, 0.6) is 0 Å². The van der Waals surface area contributed by atoms with Crippen LogP contribution in [0.4, 0.5) is 0 Å². The van der Waals surface area contributed by atoms with E-state index in [9.17, 15) is 9.59 Å². The second-order valence-corrected chi connectivity index (χ2v) is 8.12. The van der Waals surface area contributed by atoms with Crippen LogP contribution in [0, 0.1) is 0 Å². The molecule has 1 fully saturated rings. The van der Waals surface area contributed by atoms with Gasteiger partial charge in [-0.2, -0.15) is 0 Å². The summed E-state index contributed by atoms with van der Waals surface area (Å²) in [5.41, 5.74) is 1.54. The number of piperazine rings is 1. The summed E-state index contributed by atoms with van der Waals surface area (Å²) in [5, 5.41) is 3.60. The van der Waals surface area contributed by atoms with Gasteiger partial charge in [-0.25, -0.2) is 4.98 Å². The van der Waals surface area contributed by atoms with Crippen molar-refractivity contribution in [3.8, 4) is 0 Å². The number of aromatic nitrogens is 2. The van der Waals surface area contributed by atoms with Crippen molar-refractivity contribution in [3.63, 3.8) is 0 Å². The molecule has 1 aliphatic rings. The summed E-state index contributed by atoms with van der Waals surface area (Å²) in [7, 11) is 1.78. The molecule has 2 amide bonds. The monoisotopic (exact) mass is 397 g/mol. The normalized spacial score (nSPS) is 15.8. The number of para-hydroxylation sites is 1. The average molecular weight is 398 g/mol. The number of benzene rings is 1. The van der Waals surface area contributed by atoms with E-state index in [1.165, 1.54) is 4.70 Å². The van der Waals surface area contributed by atoms with Gasteiger partial charge < -0.3 is 4.57 Å². The Bertz CT molecular complexity index is 954. The van der Waals surface area contributed by atoms with E-state index in [2.05, 4.69) is 21.2 Å². The zero-order valence-corrected chi connectivity index (χ0v) is 16.6. The topological polar surface area (TPSA) is 70.5 Å². The number of nitrogens with one attached hydrogen (secondary N) is 1. The van der Waals surface area contributed by atoms with Gasteiger partial charge >= 0.3 is 0 Å². The fraction of sp³-hybridized carbons (Fsp3) is 0.350. The highest BCUT2D eigenvalue weighted by molar-refractivity contribution is 7.18. The summed E-state index contributed by atoms with van der Waals surface area (Å²) >= 11 is 1.74. The molecule has 1 aromatic carbocycles. The molecule has 0 radical (unpaired) electrons. The van der Waals surface area contributed by atoms with Gasteiger partial charge in [0.2, 0.25) is 5.91 Å². The Morgan fingerprint density at radius 2 is 1.82 bits per heavy atom. The van der Waals surface area contributed by atoms with E-state index in [4.69, 9.17) is 4.98 Å². The number of imide groups is 1. The molecule has 0 atom stereocenters. The molecule has 0 spiro atoms. The van der Waals surface area contributed by atoms with Gasteiger partial charge in [-0.15, -0.1) is 11.3 Å². The summed E-state index contributed by atoms with van der Waals surface area (Å²) in [6.45, 7) is 4.45. The van der Waals surface area contributed by atoms with Crippen LogP contribution in [-0.2, 0) is 18.4 Å². The number of amides is 2. The molecule has 4 rings (SSSR count). The lowest BCUT2D eigenvalue weighted by atomic mass is 10.3. The van der Waals surface area contributed by atoms with Crippen molar-refractivity contribution in [2.45, 2.75) is 6.54 Å². The number of aryl methyl sites for hydroxylation is 1. The largest absolute Gasteiger partial charge is 0.347 e. The van der Waals surface area contributed by atoms with Crippen LogP contribution >= 0.6 is 11.3 Å². The quantitative estimate of drug-likeness (QED) is 0.710. The molecule has 0 unspecified atom stereocenters. The Morgan fingerprint density at radius 3 is 2.54 bits per heavy atom. The fourth-order valence-corrected chi connectivity index (χ4v) is 4.42. The van der Waals surface area contributed by atoms with Crippen LogP contribution in [0.2, 0.25) is 0 Å². The summed E-state index contributed by atoms with van der Waals surface area (Å²) in [5.74, 6) is -0.613. The van der Waals surface area contributed by atoms with Gasteiger partial charge in [0.1, 0.15) is 10.7 Å². The van der Waals surface area contributed by atoms with E-state index < -0.39 is 0 Å². The van der Waals surface area contributed by atoms with E-state index in [0.29, 0.717) is 5.69 Å². The lowest BCUT2D eigenvalue weighted by Crippen LogP contribution is -2.49. The highest BCUT2D eigenvalue weighted by Gasteiger charge is 2.21. The number of thiazole rings is 1. The molecule has 7 nitrogen and oxygen atoms in total. The minimum Gasteiger partial charge on any atom is -0.347 e. The number of carbonyl (C=O) groups excluding carboxylic acids is 2. The van der Waals surface area contributed by atoms with Crippen molar-refractivity contribution in [1.82, 2.24) is 24.7 Å². The molecule has 146 valence electrons. The predicted molar refractivity (Wildman–Crippen MR) is 109 cm³/mol. The summed E-state index contributed by atoms with van der Waals surface area (Å²) in [6, 6.07) is 11.7. The molecule has 3 aromatic rings. The zero-order chi connectivity index (χ0) is 19.5. The predicted octanol–water partition coefficient (Wildman–Crippen LogP) is 1.71. The maximum Gasteiger partial charge on any atom is 0.274 e. The Balaban J connectivity index is 1.24. The number of carbonyl (C=O) groups is 2. The minimum atomic E-state index is -0.355.